The third-order valence-corrected chi connectivity index (χ3v) is 4.94. The van der Waals surface area contributed by atoms with Crippen molar-refractivity contribution in [1.82, 2.24) is 0 Å². The number of anilines is 1. The van der Waals surface area contributed by atoms with Crippen molar-refractivity contribution in [3.05, 3.63) is 58.4 Å². The molecule has 1 N–H and O–H groups in total. The first-order valence-corrected chi connectivity index (χ1v) is 9.25. The summed E-state index contributed by atoms with van der Waals surface area (Å²) in [5.41, 5.74) is 0.880. The molecule has 0 amide bonds. The maximum Gasteiger partial charge on any atom is 0.398 e. The van der Waals surface area contributed by atoms with Gasteiger partial charge in [0.15, 0.2) is 0 Å². The highest BCUT2D eigenvalue weighted by Gasteiger charge is 2.28. The first kappa shape index (κ1) is 21.4. The third-order valence-electron chi connectivity index (χ3n) is 3.39. The highest BCUT2D eigenvalue weighted by atomic mass is 35.5. The molecule has 0 spiro atoms. The molecular formula is C18H16ClF4NO2S. The van der Waals surface area contributed by atoms with Gasteiger partial charge in [0.05, 0.1) is 28.6 Å². The smallest absolute Gasteiger partial charge is 0.398 e. The van der Waals surface area contributed by atoms with Gasteiger partial charge in [-0.1, -0.05) is 29.8 Å². The third kappa shape index (κ3) is 6.32. The van der Waals surface area contributed by atoms with Crippen LogP contribution in [0.2, 0.25) is 5.02 Å². The number of carbonyl (C=O) groups is 1. The number of nitrogens with one attached hydrogen (secondary N) is 1. The summed E-state index contributed by atoms with van der Waals surface area (Å²) >= 11 is 6.31. The number of esters is 1. The molecular weight excluding hydrogens is 406 g/mol. The fraction of sp³-hybridized carbons (Fsp3) is 0.278. The molecule has 0 bridgehead atoms. The van der Waals surface area contributed by atoms with Crippen molar-refractivity contribution in [3.8, 4) is 0 Å². The SMILES string of the molecule is CCOC(=O)c1ccccc1CNc1cc(SCC(F)(F)F)c(Cl)cc1F. The number of rotatable bonds is 7. The van der Waals surface area contributed by atoms with Gasteiger partial charge in [-0.3, -0.25) is 0 Å². The topological polar surface area (TPSA) is 38.3 Å². The van der Waals surface area contributed by atoms with E-state index in [2.05, 4.69) is 5.32 Å². The number of ether oxygens (including phenoxy) is 1. The average molecular weight is 422 g/mol. The summed E-state index contributed by atoms with van der Waals surface area (Å²) in [6.07, 6.45) is -4.37. The minimum atomic E-state index is -4.37. The van der Waals surface area contributed by atoms with Gasteiger partial charge in [0.1, 0.15) is 5.82 Å². The van der Waals surface area contributed by atoms with Crippen LogP contribution < -0.4 is 5.32 Å². The molecule has 0 aliphatic carbocycles. The lowest BCUT2D eigenvalue weighted by atomic mass is 10.1. The maximum atomic E-state index is 14.1. The first-order chi connectivity index (χ1) is 12.7. The normalized spacial score (nSPS) is 11.3. The summed E-state index contributed by atoms with van der Waals surface area (Å²) in [5.74, 6) is -2.35. The minimum absolute atomic E-state index is 0.0114. The number of thioether (sulfide) groups is 1. The van der Waals surface area contributed by atoms with Crippen LogP contribution in [-0.4, -0.2) is 24.5 Å². The Hall–Kier alpha value is -1.93. The Balaban J connectivity index is 2.18. The quantitative estimate of drug-likeness (QED) is 0.342. The van der Waals surface area contributed by atoms with E-state index in [0.717, 1.165) is 6.07 Å². The van der Waals surface area contributed by atoms with Crippen LogP contribution in [0.4, 0.5) is 23.2 Å². The molecule has 2 aromatic carbocycles. The second-order valence-electron chi connectivity index (χ2n) is 5.40. The number of carbonyl (C=O) groups excluding carboxylic acids is 1. The molecule has 2 rings (SSSR count). The van der Waals surface area contributed by atoms with E-state index in [1.165, 1.54) is 6.07 Å². The van der Waals surface area contributed by atoms with Crippen LogP contribution in [0.1, 0.15) is 22.8 Å². The van der Waals surface area contributed by atoms with Crippen LogP contribution in [0.3, 0.4) is 0 Å². The summed E-state index contributed by atoms with van der Waals surface area (Å²) in [7, 11) is 0. The molecule has 146 valence electrons. The molecule has 27 heavy (non-hydrogen) atoms. The number of halogens is 5. The van der Waals surface area contributed by atoms with Crippen molar-refractivity contribution in [2.75, 3.05) is 17.7 Å². The minimum Gasteiger partial charge on any atom is -0.462 e. The van der Waals surface area contributed by atoms with Gasteiger partial charge >= 0.3 is 12.1 Å². The fourth-order valence-corrected chi connectivity index (χ4v) is 3.24. The lowest BCUT2D eigenvalue weighted by Crippen LogP contribution is -2.11. The van der Waals surface area contributed by atoms with Crippen LogP contribution >= 0.6 is 23.4 Å². The zero-order chi connectivity index (χ0) is 20.0. The molecule has 0 aliphatic heterocycles. The maximum absolute atomic E-state index is 14.1. The van der Waals surface area contributed by atoms with Crippen LogP contribution in [0, 0.1) is 5.82 Å². The Morgan fingerprint density at radius 3 is 2.63 bits per heavy atom. The van der Waals surface area contributed by atoms with Crippen molar-refractivity contribution in [3.63, 3.8) is 0 Å². The Labute approximate surface area is 163 Å². The summed E-state index contributed by atoms with van der Waals surface area (Å²) < 4.78 is 56.3. The molecule has 0 aromatic heterocycles. The van der Waals surface area contributed by atoms with Crippen LogP contribution in [0.5, 0.6) is 0 Å². The predicted octanol–water partition coefficient (Wildman–Crippen LogP) is 5.92. The molecule has 0 saturated carbocycles. The Kier molecular flexibility index (Phi) is 7.38. The van der Waals surface area contributed by atoms with Gasteiger partial charge in [0.25, 0.3) is 0 Å². The summed E-state index contributed by atoms with van der Waals surface area (Å²) in [6.45, 7) is 1.98. The standard InChI is InChI=1S/C18H16ClF4NO2S/c1-2-26-17(25)12-6-4-3-5-11(12)9-24-15-8-16(13(19)7-14(15)20)27-10-18(21,22)23/h3-8,24H,2,9-10H2,1H3. The largest absolute Gasteiger partial charge is 0.462 e. The van der Waals surface area contributed by atoms with Gasteiger partial charge in [0, 0.05) is 11.4 Å². The first-order valence-electron chi connectivity index (χ1n) is 7.88. The molecule has 3 nitrogen and oxygen atoms in total. The lowest BCUT2D eigenvalue weighted by Gasteiger charge is -2.14. The summed E-state index contributed by atoms with van der Waals surface area (Å²) in [6, 6.07) is 8.82. The number of benzene rings is 2. The number of hydrogen-bond donors (Lipinski definition) is 1. The Morgan fingerprint density at radius 1 is 1.26 bits per heavy atom. The molecule has 0 atom stereocenters. The summed E-state index contributed by atoms with van der Waals surface area (Å²) in [4.78, 5) is 12.1. The average Bonchev–Trinajstić information content (AvgIpc) is 2.60. The summed E-state index contributed by atoms with van der Waals surface area (Å²) in [5, 5.41) is 2.70. The van der Waals surface area contributed by atoms with Crippen LogP contribution in [0.15, 0.2) is 41.3 Å². The van der Waals surface area contributed by atoms with E-state index in [1.807, 2.05) is 0 Å². The van der Waals surface area contributed by atoms with Crippen molar-refractivity contribution in [2.24, 2.45) is 0 Å². The monoisotopic (exact) mass is 421 g/mol. The van der Waals surface area contributed by atoms with E-state index in [4.69, 9.17) is 16.3 Å². The second kappa shape index (κ2) is 9.32. The zero-order valence-electron chi connectivity index (χ0n) is 14.2. The van der Waals surface area contributed by atoms with E-state index >= 15 is 0 Å². The second-order valence-corrected chi connectivity index (χ2v) is 6.82. The highest BCUT2D eigenvalue weighted by Crippen LogP contribution is 2.35. The molecule has 0 aliphatic rings. The van der Waals surface area contributed by atoms with Crippen molar-refractivity contribution >= 4 is 35.0 Å². The van der Waals surface area contributed by atoms with Crippen LogP contribution in [-0.2, 0) is 11.3 Å². The molecule has 0 saturated heterocycles. The van der Waals surface area contributed by atoms with E-state index in [9.17, 15) is 22.4 Å². The van der Waals surface area contributed by atoms with Gasteiger partial charge in [-0.05, 0) is 30.7 Å². The van der Waals surface area contributed by atoms with Gasteiger partial charge in [-0.2, -0.15) is 13.2 Å². The van der Waals surface area contributed by atoms with Crippen molar-refractivity contribution < 1.29 is 27.1 Å². The Bertz CT molecular complexity index is 814. The number of alkyl halides is 3. The van der Waals surface area contributed by atoms with E-state index in [0.29, 0.717) is 22.9 Å². The van der Waals surface area contributed by atoms with E-state index < -0.39 is 23.7 Å². The highest BCUT2D eigenvalue weighted by molar-refractivity contribution is 7.99. The molecule has 2 aromatic rings. The van der Waals surface area contributed by atoms with Gasteiger partial charge < -0.3 is 10.1 Å². The molecule has 0 fully saturated rings. The Morgan fingerprint density at radius 2 is 1.96 bits per heavy atom. The van der Waals surface area contributed by atoms with Gasteiger partial charge in [0.2, 0.25) is 0 Å². The fourth-order valence-electron chi connectivity index (χ4n) is 2.21. The van der Waals surface area contributed by atoms with Crippen molar-refractivity contribution in [2.45, 2.75) is 24.5 Å². The molecule has 9 heteroatoms. The van der Waals surface area contributed by atoms with Crippen LogP contribution in [0.25, 0.3) is 0 Å². The van der Waals surface area contributed by atoms with E-state index in [-0.39, 0.29) is 28.8 Å². The molecule has 0 radical (unpaired) electrons. The number of hydrogen-bond acceptors (Lipinski definition) is 4. The molecule has 0 heterocycles. The zero-order valence-corrected chi connectivity index (χ0v) is 15.8. The van der Waals surface area contributed by atoms with Crippen molar-refractivity contribution in [1.29, 1.82) is 0 Å². The van der Waals surface area contributed by atoms with Gasteiger partial charge in [-0.15, -0.1) is 11.8 Å². The van der Waals surface area contributed by atoms with E-state index in [1.54, 1.807) is 31.2 Å². The lowest BCUT2D eigenvalue weighted by molar-refractivity contribution is -0.105. The predicted molar refractivity (Wildman–Crippen MR) is 97.9 cm³/mol. The van der Waals surface area contributed by atoms with Gasteiger partial charge in [-0.25, -0.2) is 9.18 Å². The molecule has 0 unspecified atom stereocenters.